The Balaban J connectivity index is 1.78. The van der Waals surface area contributed by atoms with Crippen LogP contribution < -0.4 is 5.48 Å². The maximum atomic E-state index is 5.69. The van der Waals surface area contributed by atoms with E-state index >= 15 is 0 Å². The number of rotatable bonds is 5. The molecule has 1 aromatic carbocycles. The number of hydrogen-bond donors (Lipinski definition) is 1. The average Bonchev–Trinajstić information content (AvgIpc) is 2.40. The molecule has 0 radical (unpaired) electrons. The lowest BCUT2D eigenvalue weighted by Gasteiger charge is -2.34. The molecule has 0 saturated heterocycles. The van der Waals surface area contributed by atoms with Gasteiger partial charge in [-0.2, -0.15) is 5.48 Å². The first-order chi connectivity index (χ1) is 8.77. The van der Waals surface area contributed by atoms with Gasteiger partial charge >= 0.3 is 0 Å². The van der Waals surface area contributed by atoms with Gasteiger partial charge in [-0.05, 0) is 30.2 Å². The molecule has 0 aromatic heterocycles. The molecule has 0 bridgehead atoms. The van der Waals surface area contributed by atoms with Gasteiger partial charge in [0.05, 0.1) is 6.61 Å². The van der Waals surface area contributed by atoms with Gasteiger partial charge < -0.3 is 0 Å². The SMILES string of the molecule is CC(C)C1CCCCC1NOCc1ccccc1. The Morgan fingerprint density at radius 1 is 1.17 bits per heavy atom. The van der Waals surface area contributed by atoms with Gasteiger partial charge in [0.25, 0.3) is 0 Å². The molecule has 2 heteroatoms. The summed E-state index contributed by atoms with van der Waals surface area (Å²) in [6.07, 6.45) is 5.29. The summed E-state index contributed by atoms with van der Waals surface area (Å²) in [5.41, 5.74) is 4.53. The minimum atomic E-state index is 0.530. The summed E-state index contributed by atoms with van der Waals surface area (Å²) in [6, 6.07) is 10.9. The lowest BCUT2D eigenvalue weighted by Crippen LogP contribution is -2.40. The molecular formula is C16H25NO. The normalized spacial score (nSPS) is 24.4. The largest absolute Gasteiger partial charge is 0.297 e. The molecule has 0 heterocycles. The standard InChI is InChI=1S/C16H25NO/c1-13(2)15-10-6-7-11-16(15)17-18-12-14-8-4-3-5-9-14/h3-5,8-9,13,15-17H,6-7,10-12H2,1-2H3. The highest BCUT2D eigenvalue weighted by atomic mass is 16.6. The molecule has 2 atom stereocenters. The first-order valence-electron chi connectivity index (χ1n) is 7.18. The highest BCUT2D eigenvalue weighted by Gasteiger charge is 2.27. The fraction of sp³-hybridized carbons (Fsp3) is 0.625. The summed E-state index contributed by atoms with van der Waals surface area (Å²) >= 11 is 0. The minimum Gasteiger partial charge on any atom is -0.297 e. The molecule has 1 fully saturated rings. The van der Waals surface area contributed by atoms with Crippen molar-refractivity contribution < 1.29 is 4.84 Å². The van der Waals surface area contributed by atoms with E-state index in [0.717, 1.165) is 11.8 Å². The van der Waals surface area contributed by atoms with Crippen LogP contribution in [0.3, 0.4) is 0 Å². The molecule has 1 aliphatic carbocycles. The van der Waals surface area contributed by atoms with Crippen molar-refractivity contribution >= 4 is 0 Å². The van der Waals surface area contributed by atoms with Crippen LogP contribution in [0.25, 0.3) is 0 Å². The molecule has 2 rings (SSSR count). The van der Waals surface area contributed by atoms with Crippen molar-refractivity contribution in [1.29, 1.82) is 0 Å². The number of benzene rings is 1. The van der Waals surface area contributed by atoms with Crippen molar-refractivity contribution in [3.05, 3.63) is 35.9 Å². The smallest absolute Gasteiger partial charge is 0.0933 e. The lowest BCUT2D eigenvalue weighted by molar-refractivity contribution is -0.0266. The van der Waals surface area contributed by atoms with Crippen LogP contribution in [-0.2, 0) is 11.4 Å². The Hall–Kier alpha value is -0.860. The van der Waals surface area contributed by atoms with Crippen molar-refractivity contribution in [2.45, 2.75) is 52.2 Å². The second-order valence-corrected chi connectivity index (χ2v) is 5.69. The quantitative estimate of drug-likeness (QED) is 0.796. The van der Waals surface area contributed by atoms with Crippen LogP contribution in [0.4, 0.5) is 0 Å². The zero-order valence-electron chi connectivity index (χ0n) is 11.6. The lowest BCUT2D eigenvalue weighted by atomic mass is 9.78. The Morgan fingerprint density at radius 3 is 2.61 bits per heavy atom. The van der Waals surface area contributed by atoms with Gasteiger partial charge in [-0.1, -0.05) is 57.0 Å². The van der Waals surface area contributed by atoms with E-state index in [1.54, 1.807) is 0 Å². The Morgan fingerprint density at radius 2 is 1.89 bits per heavy atom. The molecule has 2 nitrogen and oxygen atoms in total. The van der Waals surface area contributed by atoms with Gasteiger partial charge in [0.2, 0.25) is 0 Å². The van der Waals surface area contributed by atoms with E-state index in [-0.39, 0.29) is 0 Å². The summed E-state index contributed by atoms with van der Waals surface area (Å²) < 4.78 is 0. The van der Waals surface area contributed by atoms with E-state index in [1.165, 1.54) is 31.2 Å². The summed E-state index contributed by atoms with van der Waals surface area (Å²) in [5, 5.41) is 0. The van der Waals surface area contributed by atoms with Crippen LogP contribution in [0.15, 0.2) is 30.3 Å². The molecule has 1 saturated carbocycles. The van der Waals surface area contributed by atoms with Crippen molar-refractivity contribution in [3.63, 3.8) is 0 Å². The third kappa shape index (κ3) is 3.82. The Labute approximate surface area is 111 Å². The first kappa shape index (κ1) is 13.6. The summed E-state index contributed by atoms with van der Waals surface area (Å²) in [7, 11) is 0. The topological polar surface area (TPSA) is 21.3 Å². The predicted octanol–water partition coefficient (Wildman–Crippen LogP) is 3.92. The van der Waals surface area contributed by atoms with E-state index in [1.807, 2.05) is 6.07 Å². The van der Waals surface area contributed by atoms with E-state index in [4.69, 9.17) is 4.84 Å². The van der Waals surface area contributed by atoms with Gasteiger partial charge in [-0.3, -0.25) is 4.84 Å². The van der Waals surface area contributed by atoms with Crippen LogP contribution >= 0.6 is 0 Å². The summed E-state index contributed by atoms with van der Waals surface area (Å²) in [6.45, 7) is 5.30. The van der Waals surface area contributed by atoms with Gasteiger partial charge in [-0.25, -0.2) is 0 Å². The molecule has 1 aliphatic rings. The second kappa shape index (κ2) is 6.91. The van der Waals surface area contributed by atoms with Crippen LogP contribution in [0.5, 0.6) is 0 Å². The van der Waals surface area contributed by atoms with Crippen LogP contribution in [0.2, 0.25) is 0 Å². The third-order valence-electron chi connectivity index (χ3n) is 3.99. The third-order valence-corrected chi connectivity index (χ3v) is 3.99. The zero-order valence-corrected chi connectivity index (χ0v) is 11.6. The molecule has 100 valence electrons. The average molecular weight is 247 g/mol. The minimum absolute atomic E-state index is 0.530. The Bertz CT molecular complexity index is 336. The first-order valence-corrected chi connectivity index (χ1v) is 7.18. The highest BCUT2D eigenvalue weighted by molar-refractivity contribution is 5.13. The summed E-state index contributed by atoms with van der Waals surface area (Å²) in [5.74, 6) is 1.50. The van der Waals surface area contributed by atoms with E-state index < -0.39 is 0 Å². The van der Waals surface area contributed by atoms with E-state index in [0.29, 0.717) is 12.6 Å². The van der Waals surface area contributed by atoms with E-state index in [2.05, 4.69) is 43.6 Å². The molecular weight excluding hydrogens is 222 g/mol. The fourth-order valence-corrected chi connectivity index (χ4v) is 2.91. The maximum Gasteiger partial charge on any atom is 0.0933 e. The van der Waals surface area contributed by atoms with Gasteiger partial charge in [0, 0.05) is 6.04 Å². The summed E-state index contributed by atoms with van der Waals surface area (Å²) in [4.78, 5) is 5.69. The van der Waals surface area contributed by atoms with Crippen molar-refractivity contribution in [1.82, 2.24) is 5.48 Å². The second-order valence-electron chi connectivity index (χ2n) is 5.69. The van der Waals surface area contributed by atoms with Crippen LogP contribution in [0, 0.1) is 11.8 Å². The monoisotopic (exact) mass is 247 g/mol. The number of hydroxylamine groups is 1. The van der Waals surface area contributed by atoms with Crippen molar-refractivity contribution in [2.75, 3.05) is 0 Å². The Kier molecular flexibility index (Phi) is 5.21. The molecule has 0 aliphatic heterocycles. The number of hydrogen-bond acceptors (Lipinski definition) is 2. The van der Waals surface area contributed by atoms with Crippen molar-refractivity contribution in [2.24, 2.45) is 11.8 Å². The predicted molar refractivity (Wildman–Crippen MR) is 75.0 cm³/mol. The molecule has 0 spiro atoms. The van der Waals surface area contributed by atoms with E-state index in [9.17, 15) is 0 Å². The van der Waals surface area contributed by atoms with Gasteiger partial charge in [-0.15, -0.1) is 0 Å². The molecule has 18 heavy (non-hydrogen) atoms. The molecule has 1 aromatic rings. The number of nitrogens with one attached hydrogen (secondary N) is 1. The van der Waals surface area contributed by atoms with Gasteiger partial charge in [0.15, 0.2) is 0 Å². The molecule has 1 N–H and O–H groups in total. The fourth-order valence-electron chi connectivity index (χ4n) is 2.91. The maximum absolute atomic E-state index is 5.69. The molecule has 2 unspecified atom stereocenters. The van der Waals surface area contributed by atoms with Crippen molar-refractivity contribution in [3.8, 4) is 0 Å². The molecule has 0 amide bonds. The van der Waals surface area contributed by atoms with Crippen LogP contribution in [-0.4, -0.2) is 6.04 Å². The van der Waals surface area contributed by atoms with Gasteiger partial charge in [0.1, 0.15) is 0 Å². The van der Waals surface area contributed by atoms with Crippen LogP contribution in [0.1, 0.15) is 45.1 Å². The highest BCUT2D eigenvalue weighted by Crippen LogP contribution is 2.30. The zero-order chi connectivity index (χ0) is 12.8.